The van der Waals surface area contributed by atoms with Crippen molar-refractivity contribution < 1.29 is 9.59 Å². The molecule has 0 saturated carbocycles. The molecule has 3 aromatic rings. The van der Waals surface area contributed by atoms with Gasteiger partial charge >= 0.3 is 0 Å². The number of nitrogens with zero attached hydrogens (tertiary/aromatic N) is 1. The van der Waals surface area contributed by atoms with Crippen molar-refractivity contribution in [3.63, 3.8) is 0 Å². The van der Waals surface area contributed by atoms with Crippen LogP contribution in [0, 0.1) is 12.8 Å². The van der Waals surface area contributed by atoms with E-state index in [1.165, 1.54) is 10.9 Å². The summed E-state index contributed by atoms with van der Waals surface area (Å²) in [6.45, 7) is 3.01. The molecule has 138 valence electrons. The average Bonchev–Trinajstić information content (AvgIpc) is 3.26. The molecule has 0 spiro atoms. The van der Waals surface area contributed by atoms with E-state index >= 15 is 0 Å². The van der Waals surface area contributed by atoms with E-state index in [0.717, 1.165) is 23.2 Å². The highest BCUT2D eigenvalue weighted by Crippen LogP contribution is 2.26. The van der Waals surface area contributed by atoms with Gasteiger partial charge in [0.1, 0.15) is 0 Å². The van der Waals surface area contributed by atoms with Crippen LogP contribution in [-0.4, -0.2) is 29.9 Å². The van der Waals surface area contributed by atoms with Crippen LogP contribution in [0.3, 0.4) is 0 Å². The quantitative estimate of drug-likeness (QED) is 0.733. The fourth-order valence-corrected chi connectivity index (χ4v) is 3.73. The first-order valence-electron chi connectivity index (χ1n) is 9.31. The van der Waals surface area contributed by atoms with Crippen molar-refractivity contribution in [2.75, 3.05) is 18.0 Å². The van der Waals surface area contributed by atoms with Gasteiger partial charge in [-0.15, -0.1) is 0 Å². The fraction of sp³-hybridized carbons (Fsp3) is 0.273. The third kappa shape index (κ3) is 3.58. The van der Waals surface area contributed by atoms with E-state index < -0.39 is 0 Å². The molecule has 1 atom stereocenters. The van der Waals surface area contributed by atoms with Crippen LogP contribution >= 0.6 is 0 Å². The SMILES string of the molecule is Cc1cccc(N2CC(C(=O)NCCc3c[nH]c4ccccc34)CC2=O)c1. The van der Waals surface area contributed by atoms with Crippen LogP contribution in [0.4, 0.5) is 5.69 Å². The Morgan fingerprint density at radius 3 is 2.93 bits per heavy atom. The molecule has 1 fully saturated rings. The van der Waals surface area contributed by atoms with Gasteiger partial charge in [-0.3, -0.25) is 9.59 Å². The van der Waals surface area contributed by atoms with Crippen LogP contribution in [0.5, 0.6) is 0 Å². The average molecular weight is 361 g/mol. The number of H-pyrrole nitrogens is 1. The Hall–Kier alpha value is -3.08. The zero-order chi connectivity index (χ0) is 18.8. The topological polar surface area (TPSA) is 65.2 Å². The standard InChI is InChI=1S/C22H23N3O2/c1-15-5-4-6-18(11-15)25-14-17(12-21(25)26)22(27)23-10-9-16-13-24-20-8-3-2-7-19(16)20/h2-8,11,13,17,24H,9-10,12,14H2,1H3,(H,23,27). The Morgan fingerprint density at radius 2 is 2.07 bits per heavy atom. The predicted molar refractivity (Wildman–Crippen MR) is 107 cm³/mol. The lowest BCUT2D eigenvalue weighted by atomic mass is 10.1. The Morgan fingerprint density at radius 1 is 1.22 bits per heavy atom. The molecule has 1 unspecified atom stereocenters. The van der Waals surface area contributed by atoms with E-state index in [1.54, 1.807) is 4.90 Å². The number of hydrogen-bond acceptors (Lipinski definition) is 2. The van der Waals surface area contributed by atoms with Crippen LogP contribution in [0.2, 0.25) is 0 Å². The number of rotatable bonds is 5. The molecule has 2 amide bonds. The summed E-state index contributed by atoms with van der Waals surface area (Å²) in [6.07, 6.45) is 3.03. The minimum Gasteiger partial charge on any atom is -0.361 e. The molecular formula is C22H23N3O2. The maximum Gasteiger partial charge on any atom is 0.227 e. The van der Waals surface area contributed by atoms with E-state index in [0.29, 0.717) is 13.1 Å². The zero-order valence-corrected chi connectivity index (χ0v) is 15.4. The third-order valence-corrected chi connectivity index (χ3v) is 5.18. The van der Waals surface area contributed by atoms with Crippen molar-refractivity contribution in [2.24, 2.45) is 5.92 Å². The number of aryl methyl sites for hydroxylation is 1. The van der Waals surface area contributed by atoms with Crippen LogP contribution in [0.15, 0.2) is 54.7 Å². The highest BCUT2D eigenvalue weighted by molar-refractivity contribution is 6.00. The number of fused-ring (bicyclic) bond motifs is 1. The number of carbonyl (C=O) groups excluding carboxylic acids is 2. The number of aromatic amines is 1. The number of aromatic nitrogens is 1. The molecule has 5 nitrogen and oxygen atoms in total. The summed E-state index contributed by atoms with van der Waals surface area (Å²) < 4.78 is 0. The van der Waals surface area contributed by atoms with Gasteiger partial charge in [0, 0.05) is 42.3 Å². The molecule has 1 aliphatic heterocycles. The van der Waals surface area contributed by atoms with Crippen LogP contribution < -0.4 is 10.2 Å². The van der Waals surface area contributed by atoms with Crippen molar-refractivity contribution in [3.8, 4) is 0 Å². The zero-order valence-electron chi connectivity index (χ0n) is 15.4. The second-order valence-corrected chi connectivity index (χ2v) is 7.14. The predicted octanol–water partition coefficient (Wildman–Crippen LogP) is 3.19. The molecule has 27 heavy (non-hydrogen) atoms. The molecule has 0 aliphatic carbocycles. The number of benzene rings is 2. The maximum absolute atomic E-state index is 12.5. The molecule has 2 heterocycles. The normalized spacial score (nSPS) is 16.9. The second-order valence-electron chi connectivity index (χ2n) is 7.14. The van der Waals surface area contributed by atoms with Gasteiger partial charge in [0.2, 0.25) is 11.8 Å². The van der Waals surface area contributed by atoms with Crippen molar-refractivity contribution in [2.45, 2.75) is 19.8 Å². The largest absolute Gasteiger partial charge is 0.361 e. The first kappa shape index (κ1) is 17.3. The lowest BCUT2D eigenvalue weighted by Gasteiger charge is -2.17. The first-order valence-corrected chi connectivity index (χ1v) is 9.31. The second kappa shape index (κ2) is 7.27. The van der Waals surface area contributed by atoms with Crippen molar-refractivity contribution in [1.29, 1.82) is 0 Å². The summed E-state index contributed by atoms with van der Waals surface area (Å²) >= 11 is 0. The molecule has 0 radical (unpaired) electrons. The smallest absolute Gasteiger partial charge is 0.227 e. The summed E-state index contributed by atoms with van der Waals surface area (Å²) in [6, 6.07) is 16.0. The third-order valence-electron chi connectivity index (χ3n) is 5.18. The monoisotopic (exact) mass is 361 g/mol. The molecule has 5 heteroatoms. The van der Waals surface area contributed by atoms with Gasteiger partial charge < -0.3 is 15.2 Å². The lowest BCUT2D eigenvalue weighted by Crippen LogP contribution is -2.34. The molecule has 0 bridgehead atoms. The summed E-state index contributed by atoms with van der Waals surface area (Å²) in [5.74, 6) is -0.322. The lowest BCUT2D eigenvalue weighted by molar-refractivity contribution is -0.126. The van der Waals surface area contributed by atoms with E-state index in [2.05, 4.69) is 16.4 Å². The summed E-state index contributed by atoms with van der Waals surface area (Å²) in [5.41, 5.74) is 4.27. The van der Waals surface area contributed by atoms with Crippen molar-refractivity contribution >= 4 is 28.4 Å². The van der Waals surface area contributed by atoms with E-state index in [1.807, 2.05) is 55.6 Å². The molecular weight excluding hydrogens is 338 g/mol. The fourth-order valence-electron chi connectivity index (χ4n) is 3.73. The number of carbonyl (C=O) groups is 2. The van der Waals surface area contributed by atoms with Crippen LogP contribution in [0.1, 0.15) is 17.5 Å². The maximum atomic E-state index is 12.5. The van der Waals surface area contributed by atoms with Crippen molar-refractivity contribution in [1.82, 2.24) is 10.3 Å². The number of nitrogens with one attached hydrogen (secondary N) is 2. The molecule has 1 aliphatic rings. The molecule has 1 aromatic heterocycles. The van der Waals surface area contributed by atoms with Gasteiger partial charge in [-0.2, -0.15) is 0 Å². The number of hydrogen-bond donors (Lipinski definition) is 2. The van der Waals surface area contributed by atoms with Gasteiger partial charge in [-0.25, -0.2) is 0 Å². The molecule has 4 rings (SSSR count). The number of anilines is 1. The summed E-state index contributed by atoms with van der Waals surface area (Å²) in [5, 5.41) is 4.19. The highest BCUT2D eigenvalue weighted by Gasteiger charge is 2.34. The number of para-hydroxylation sites is 1. The van der Waals surface area contributed by atoms with E-state index in [9.17, 15) is 9.59 Å². The Kier molecular flexibility index (Phi) is 4.67. The van der Waals surface area contributed by atoms with Gasteiger partial charge in [0.05, 0.1) is 5.92 Å². The number of amides is 2. The van der Waals surface area contributed by atoms with Gasteiger partial charge in [-0.1, -0.05) is 30.3 Å². The highest BCUT2D eigenvalue weighted by atomic mass is 16.2. The minimum atomic E-state index is -0.291. The minimum absolute atomic E-state index is 0.0115. The van der Waals surface area contributed by atoms with E-state index in [4.69, 9.17) is 0 Å². The van der Waals surface area contributed by atoms with Crippen LogP contribution in [-0.2, 0) is 16.0 Å². The van der Waals surface area contributed by atoms with Crippen molar-refractivity contribution in [3.05, 3.63) is 65.9 Å². The first-order chi connectivity index (χ1) is 13.1. The van der Waals surface area contributed by atoms with Crippen LogP contribution in [0.25, 0.3) is 10.9 Å². The molecule has 2 aromatic carbocycles. The van der Waals surface area contributed by atoms with Gasteiger partial charge in [0.25, 0.3) is 0 Å². The Balaban J connectivity index is 1.34. The van der Waals surface area contributed by atoms with Gasteiger partial charge in [0.15, 0.2) is 0 Å². The van der Waals surface area contributed by atoms with Gasteiger partial charge in [-0.05, 0) is 42.7 Å². The molecule has 2 N–H and O–H groups in total. The Labute approximate surface area is 158 Å². The summed E-state index contributed by atoms with van der Waals surface area (Å²) in [4.78, 5) is 29.8. The molecule has 1 saturated heterocycles. The Bertz CT molecular complexity index is 992. The summed E-state index contributed by atoms with van der Waals surface area (Å²) in [7, 11) is 0. The van der Waals surface area contributed by atoms with E-state index in [-0.39, 0.29) is 24.2 Å².